The van der Waals surface area contributed by atoms with Crippen LogP contribution in [0, 0.1) is 0 Å². The first-order valence-electron chi connectivity index (χ1n) is 10.4. The summed E-state index contributed by atoms with van der Waals surface area (Å²) in [6, 6.07) is 3.66. The molecule has 1 aromatic carbocycles. The van der Waals surface area contributed by atoms with Crippen molar-refractivity contribution in [2.75, 3.05) is 13.7 Å². The lowest BCUT2D eigenvalue weighted by atomic mass is 10.0. The molecule has 8 nitrogen and oxygen atoms in total. The molecule has 0 atom stereocenters. The zero-order chi connectivity index (χ0) is 23.1. The maximum Gasteiger partial charge on any atom is 0.387 e. The Morgan fingerprint density at radius 2 is 1.48 bits per heavy atom. The third-order valence-corrected chi connectivity index (χ3v) is 4.48. The van der Waals surface area contributed by atoms with E-state index in [1.54, 1.807) is 0 Å². The zero-order valence-electron chi connectivity index (χ0n) is 18.1. The number of hydrogen-bond donors (Lipinski definition) is 0. The molecule has 0 aliphatic rings. The average molecular weight is 434 g/mol. The molecule has 0 spiro atoms. The fourth-order valence-corrected chi connectivity index (χ4v) is 2.77. The molecule has 0 aliphatic heterocycles. The van der Waals surface area contributed by atoms with Crippen LogP contribution < -0.4 is 0 Å². The molecule has 0 aromatic heterocycles. The third kappa shape index (κ3) is 9.46. The van der Waals surface area contributed by atoms with Gasteiger partial charge < -0.3 is 9.47 Å². The minimum atomic E-state index is -1.09. The maximum atomic E-state index is 12.5. The largest absolute Gasteiger partial charge is 0.465 e. The van der Waals surface area contributed by atoms with E-state index in [1.165, 1.54) is 51.0 Å². The van der Waals surface area contributed by atoms with Gasteiger partial charge in [-0.25, -0.2) is 29.0 Å². The van der Waals surface area contributed by atoms with Crippen LogP contribution >= 0.6 is 0 Å². The highest BCUT2D eigenvalue weighted by molar-refractivity contribution is 6.05. The van der Waals surface area contributed by atoms with Crippen LogP contribution in [-0.2, 0) is 24.0 Å². The molecule has 0 bridgehead atoms. The fraction of sp³-hybridized carbons (Fsp3) is 0.478. The van der Waals surface area contributed by atoms with Crippen LogP contribution in [0.5, 0.6) is 0 Å². The SMILES string of the molecule is C=CC(=O)OOC(=O)c1ccc(C(=O)OC)cc1C(=O)OCCCCCCCCCC. The number of carbonyl (C=O) groups excluding carboxylic acids is 4. The number of unbranched alkanes of at least 4 members (excludes halogenated alkanes) is 7. The highest BCUT2D eigenvalue weighted by atomic mass is 17.2. The Labute approximate surface area is 182 Å². The smallest absolute Gasteiger partial charge is 0.387 e. The summed E-state index contributed by atoms with van der Waals surface area (Å²) in [5, 5.41) is 0. The second-order valence-electron chi connectivity index (χ2n) is 6.84. The minimum Gasteiger partial charge on any atom is -0.465 e. The van der Waals surface area contributed by atoms with Crippen molar-refractivity contribution in [3.05, 3.63) is 47.5 Å². The first kappa shape index (κ1) is 25.9. The molecule has 31 heavy (non-hydrogen) atoms. The van der Waals surface area contributed by atoms with E-state index in [9.17, 15) is 19.2 Å². The van der Waals surface area contributed by atoms with Gasteiger partial charge in [-0.05, 0) is 24.6 Å². The van der Waals surface area contributed by atoms with Crippen LogP contribution in [0.3, 0.4) is 0 Å². The summed E-state index contributed by atoms with van der Waals surface area (Å²) < 4.78 is 9.89. The minimum absolute atomic E-state index is 0.0566. The zero-order valence-corrected chi connectivity index (χ0v) is 18.1. The lowest BCUT2D eigenvalue weighted by Crippen LogP contribution is -2.17. The van der Waals surface area contributed by atoms with Crippen molar-refractivity contribution in [1.29, 1.82) is 0 Å². The summed E-state index contributed by atoms with van der Waals surface area (Å²) in [5.41, 5.74) is -0.353. The summed E-state index contributed by atoms with van der Waals surface area (Å²) >= 11 is 0. The molecule has 170 valence electrons. The molecule has 0 saturated carbocycles. The first-order chi connectivity index (χ1) is 14.9. The van der Waals surface area contributed by atoms with Gasteiger partial charge in [0.15, 0.2) is 0 Å². The summed E-state index contributed by atoms with van der Waals surface area (Å²) in [5.74, 6) is -3.55. The molecular weight excluding hydrogens is 404 g/mol. The number of benzene rings is 1. The second-order valence-corrected chi connectivity index (χ2v) is 6.84. The number of rotatable bonds is 13. The normalized spacial score (nSPS) is 10.1. The summed E-state index contributed by atoms with van der Waals surface area (Å²) in [7, 11) is 1.19. The number of carbonyl (C=O) groups is 4. The van der Waals surface area contributed by atoms with Gasteiger partial charge in [0.1, 0.15) is 0 Å². The van der Waals surface area contributed by atoms with E-state index in [0.29, 0.717) is 6.42 Å². The summed E-state index contributed by atoms with van der Waals surface area (Å²) in [6.45, 7) is 5.53. The Morgan fingerprint density at radius 3 is 2.10 bits per heavy atom. The topological polar surface area (TPSA) is 105 Å². The van der Waals surface area contributed by atoms with Crippen LogP contribution in [0.15, 0.2) is 30.9 Å². The third-order valence-electron chi connectivity index (χ3n) is 4.48. The van der Waals surface area contributed by atoms with E-state index in [2.05, 4.69) is 28.0 Å². The molecule has 0 N–H and O–H groups in total. The van der Waals surface area contributed by atoms with Crippen LogP contribution in [0.25, 0.3) is 0 Å². The number of esters is 2. The van der Waals surface area contributed by atoms with Gasteiger partial charge >= 0.3 is 23.9 Å². The van der Waals surface area contributed by atoms with Crippen molar-refractivity contribution in [3.63, 3.8) is 0 Å². The van der Waals surface area contributed by atoms with Gasteiger partial charge in [0, 0.05) is 6.08 Å². The van der Waals surface area contributed by atoms with E-state index in [1.807, 2.05) is 0 Å². The van der Waals surface area contributed by atoms with Crippen molar-refractivity contribution in [1.82, 2.24) is 0 Å². The van der Waals surface area contributed by atoms with Gasteiger partial charge in [-0.15, -0.1) is 0 Å². The van der Waals surface area contributed by atoms with Gasteiger partial charge in [0.25, 0.3) is 0 Å². The van der Waals surface area contributed by atoms with Crippen molar-refractivity contribution >= 4 is 23.9 Å². The Kier molecular flexibility index (Phi) is 12.3. The quantitative estimate of drug-likeness (QED) is 0.146. The van der Waals surface area contributed by atoms with Gasteiger partial charge in [-0.3, -0.25) is 0 Å². The molecular formula is C23H30O8. The van der Waals surface area contributed by atoms with Crippen LogP contribution in [0.2, 0.25) is 0 Å². The number of ether oxygens (including phenoxy) is 2. The predicted molar refractivity (Wildman–Crippen MR) is 112 cm³/mol. The molecule has 0 heterocycles. The summed E-state index contributed by atoms with van der Waals surface area (Å²) in [4.78, 5) is 56.3. The lowest BCUT2D eigenvalue weighted by molar-refractivity contribution is -0.228. The molecule has 0 saturated heterocycles. The summed E-state index contributed by atoms with van der Waals surface area (Å²) in [6.07, 6.45) is 9.53. The Balaban J connectivity index is 2.71. The second kappa shape index (κ2) is 14.8. The Bertz CT molecular complexity index is 769. The van der Waals surface area contributed by atoms with E-state index in [-0.39, 0.29) is 23.3 Å². The molecule has 1 aromatic rings. The van der Waals surface area contributed by atoms with Crippen molar-refractivity contribution in [2.45, 2.75) is 58.3 Å². The van der Waals surface area contributed by atoms with E-state index < -0.39 is 23.9 Å². The Hall–Kier alpha value is -3.16. The number of methoxy groups -OCH3 is 1. The average Bonchev–Trinajstić information content (AvgIpc) is 2.80. The van der Waals surface area contributed by atoms with Crippen LogP contribution in [-0.4, -0.2) is 37.6 Å². The molecule has 0 aliphatic carbocycles. The van der Waals surface area contributed by atoms with Gasteiger partial charge in [0.2, 0.25) is 0 Å². The van der Waals surface area contributed by atoms with Crippen molar-refractivity contribution in [2.24, 2.45) is 0 Å². The van der Waals surface area contributed by atoms with Crippen LogP contribution in [0.1, 0.15) is 89.4 Å². The maximum absolute atomic E-state index is 12.5. The molecule has 0 radical (unpaired) electrons. The van der Waals surface area contributed by atoms with Gasteiger partial charge in [-0.1, -0.05) is 58.4 Å². The molecule has 8 heteroatoms. The molecule has 0 amide bonds. The van der Waals surface area contributed by atoms with Crippen molar-refractivity contribution in [3.8, 4) is 0 Å². The fourth-order valence-electron chi connectivity index (χ4n) is 2.77. The predicted octanol–water partition coefficient (Wildman–Crippen LogP) is 4.57. The van der Waals surface area contributed by atoms with Gasteiger partial charge in [-0.2, -0.15) is 0 Å². The molecule has 0 fully saturated rings. The highest BCUT2D eigenvalue weighted by Gasteiger charge is 2.23. The van der Waals surface area contributed by atoms with Crippen LogP contribution in [0.4, 0.5) is 0 Å². The van der Waals surface area contributed by atoms with E-state index in [0.717, 1.165) is 25.3 Å². The monoisotopic (exact) mass is 434 g/mol. The van der Waals surface area contributed by atoms with E-state index >= 15 is 0 Å². The van der Waals surface area contributed by atoms with E-state index in [4.69, 9.17) is 4.74 Å². The lowest BCUT2D eigenvalue weighted by Gasteiger charge is -2.10. The number of hydrogen-bond acceptors (Lipinski definition) is 8. The highest BCUT2D eigenvalue weighted by Crippen LogP contribution is 2.17. The molecule has 1 rings (SSSR count). The van der Waals surface area contributed by atoms with Gasteiger partial charge in [0.05, 0.1) is 30.4 Å². The first-order valence-corrected chi connectivity index (χ1v) is 10.4. The standard InChI is InChI=1S/C23H30O8/c1-4-6-7-8-9-10-11-12-15-29-22(26)19-16-17(21(25)28-3)13-14-18(19)23(27)31-30-20(24)5-2/h5,13-14,16H,2,4,6-12,15H2,1,3H3. The van der Waals surface area contributed by atoms with Crippen molar-refractivity contribution < 1.29 is 38.4 Å². The molecule has 0 unspecified atom stereocenters. The Morgan fingerprint density at radius 1 is 0.839 bits per heavy atom.